The van der Waals surface area contributed by atoms with Crippen LogP contribution in [0, 0.1) is 10.1 Å². The summed E-state index contributed by atoms with van der Waals surface area (Å²) in [7, 11) is 1.69. The highest BCUT2D eigenvalue weighted by Gasteiger charge is 2.07. The van der Waals surface area contributed by atoms with E-state index in [0.717, 1.165) is 5.56 Å². The first-order chi connectivity index (χ1) is 6.15. The van der Waals surface area contributed by atoms with Gasteiger partial charge in [-0.15, -0.1) is 0 Å². The molecule has 0 fully saturated rings. The van der Waals surface area contributed by atoms with Gasteiger partial charge in [0.25, 0.3) is 11.5 Å². The molecule has 0 aliphatic carbocycles. The van der Waals surface area contributed by atoms with Crippen LogP contribution in [0.1, 0.15) is 5.56 Å². The first-order valence-corrected chi connectivity index (χ1v) is 3.70. The Balaban J connectivity index is 3.00. The van der Waals surface area contributed by atoms with Crippen LogP contribution in [0.5, 0.6) is 0 Å². The lowest BCUT2D eigenvalue weighted by atomic mass is 10.2. The van der Waals surface area contributed by atoms with E-state index in [0.29, 0.717) is 5.84 Å². The summed E-state index contributed by atoms with van der Waals surface area (Å²) < 4.78 is 0. The largest absolute Gasteiger partial charge is 0.287 e. The molecule has 5 nitrogen and oxygen atoms in total. The van der Waals surface area contributed by atoms with Gasteiger partial charge in [0.1, 0.15) is 0 Å². The molecule has 0 atom stereocenters. The van der Waals surface area contributed by atoms with Gasteiger partial charge in [0, 0.05) is 12.1 Å². The van der Waals surface area contributed by atoms with Gasteiger partial charge in [-0.2, -0.15) is 0 Å². The summed E-state index contributed by atoms with van der Waals surface area (Å²) in [6, 6.07) is 6.03. The zero-order chi connectivity index (χ0) is 9.84. The molecule has 0 saturated carbocycles. The number of nitro benzene ring substituents is 1. The predicted molar refractivity (Wildman–Crippen MR) is 48.3 cm³/mol. The molecule has 0 radical (unpaired) electrons. The minimum Gasteiger partial charge on any atom is -0.287 e. The molecule has 0 aliphatic rings. The fraction of sp³-hybridized carbons (Fsp3) is 0.125. The first-order valence-electron chi connectivity index (χ1n) is 3.70. The third-order valence-corrected chi connectivity index (χ3v) is 1.66. The van der Waals surface area contributed by atoms with E-state index in [1.54, 1.807) is 19.2 Å². The Morgan fingerprint density at radius 1 is 1.46 bits per heavy atom. The van der Waals surface area contributed by atoms with Crippen molar-refractivity contribution in [2.75, 3.05) is 7.05 Å². The van der Waals surface area contributed by atoms with E-state index in [-0.39, 0.29) is 5.69 Å². The summed E-state index contributed by atoms with van der Waals surface area (Å²) >= 11 is 0. The van der Waals surface area contributed by atoms with Crippen molar-refractivity contribution in [2.24, 2.45) is 5.73 Å². The van der Waals surface area contributed by atoms with Gasteiger partial charge in [0.05, 0.1) is 17.5 Å². The SMILES string of the molecule is C[NH+]=C(N)c1ccc([N+](=O)[O-])cc1. The Bertz CT molecular complexity index is 343. The van der Waals surface area contributed by atoms with Crippen LogP contribution < -0.4 is 10.7 Å². The summed E-state index contributed by atoms with van der Waals surface area (Å²) in [5, 5.41) is 10.3. The standard InChI is InChI=1S/C8H9N3O2/c1-10-8(9)6-2-4-7(5-3-6)11(12)13/h2-5H,1H3,(H2,9,10)/p+1. The van der Waals surface area contributed by atoms with Crippen LogP contribution in [0.4, 0.5) is 5.69 Å². The van der Waals surface area contributed by atoms with Crippen LogP contribution in [0.3, 0.4) is 0 Å². The number of nitrogens with one attached hydrogen (secondary N) is 1. The summed E-state index contributed by atoms with van der Waals surface area (Å²) in [5.41, 5.74) is 6.36. The molecule has 1 rings (SSSR count). The Labute approximate surface area is 75.0 Å². The van der Waals surface area contributed by atoms with Crippen LogP contribution in [0.2, 0.25) is 0 Å². The molecule has 5 heteroatoms. The van der Waals surface area contributed by atoms with Gasteiger partial charge in [-0.25, -0.2) is 0 Å². The lowest BCUT2D eigenvalue weighted by Gasteiger charge is -1.93. The lowest BCUT2D eigenvalue weighted by Crippen LogP contribution is -2.70. The molecule has 0 aromatic heterocycles. The molecule has 1 aromatic rings. The van der Waals surface area contributed by atoms with Crippen LogP contribution in [0.25, 0.3) is 0 Å². The molecule has 0 spiro atoms. The van der Waals surface area contributed by atoms with Crippen molar-refractivity contribution in [1.82, 2.24) is 0 Å². The highest BCUT2D eigenvalue weighted by Crippen LogP contribution is 2.10. The van der Waals surface area contributed by atoms with Crippen LogP contribution >= 0.6 is 0 Å². The minimum atomic E-state index is -0.445. The third kappa shape index (κ3) is 2.02. The van der Waals surface area contributed by atoms with Crippen molar-refractivity contribution >= 4 is 11.5 Å². The van der Waals surface area contributed by atoms with E-state index in [2.05, 4.69) is 4.99 Å². The summed E-state index contributed by atoms with van der Waals surface area (Å²) in [5.74, 6) is 0.495. The molecular formula is C8H10N3O2+. The minimum absolute atomic E-state index is 0.0626. The Kier molecular flexibility index (Phi) is 2.59. The van der Waals surface area contributed by atoms with E-state index in [1.807, 2.05) is 0 Å². The second-order valence-corrected chi connectivity index (χ2v) is 2.47. The third-order valence-electron chi connectivity index (χ3n) is 1.66. The summed E-state index contributed by atoms with van der Waals surface area (Å²) in [4.78, 5) is 12.6. The molecule has 0 aliphatic heterocycles. The molecule has 3 N–H and O–H groups in total. The second-order valence-electron chi connectivity index (χ2n) is 2.47. The smallest absolute Gasteiger partial charge is 0.272 e. The molecule has 13 heavy (non-hydrogen) atoms. The summed E-state index contributed by atoms with van der Waals surface area (Å²) in [6.45, 7) is 0. The van der Waals surface area contributed by atoms with Gasteiger partial charge in [-0.05, 0) is 12.1 Å². The van der Waals surface area contributed by atoms with Crippen LogP contribution in [-0.4, -0.2) is 17.8 Å². The van der Waals surface area contributed by atoms with Gasteiger partial charge in [0.2, 0.25) is 0 Å². The number of rotatable bonds is 2. The average Bonchev–Trinajstić information content (AvgIpc) is 2.17. The van der Waals surface area contributed by atoms with Crippen LogP contribution in [-0.2, 0) is 0 Å². The number of nitrogens with zero attached hydrogens (tertiary/aromatic N) is 1. The zero-order valence-electron chi connectivity index (χ0n) is 7.15. The molecule has 0 bridgehead atoms. The molecule has 1 aromatic carbocycles. The zero-order valence-corrected chi connectivity index (χ0v) is 7.15. The second kappa shape index (κ2) is 3.66. The highest BCUT2D eigenvalue weighted by atomic mass is 16.6. The van der Waals surface area contributed by atoms with E-state index in [9.17, 15) is 10.1 Å². The monoisotopic (exact) mass is 180 g/mol. The Morgan fingerprint density at radius 2 is 2.00 bits per heavy atom. The van der Waals surface area contributed by atoms with E-state index in [1.165, 1.54) is 12.1 Å². The maximum absolute atomic E-state index is 10.3. The average molecular weight is 180 g/mol. The topological polar surface area (TPSA) is 83.1 Å². The Hall–Kier alpha value is -1.91. The number of hydrogen-bond donors (Lipinski definition) is 2. The number of amidine groups is 1. The van der Waals surface area contributed by atoms with Gasteiger partial charge < -0.3 is 0 Å². The fourth-order valence-electron chi connectivity index (χ4n) is 0.907. The number of nitro groups is 1. The van der Waals surface area contributed by atoms with E-state index < -0.39 is 4.92 Å². The fourth-order valence-corrected chi connectivity index (χ4v) is 0.907. The van der Waals surface area contributed by atoms with Crippen molar-refractivity contribution in [2.45, 2.75) is 0 Å². The number of non-ortho nitro benzene ring substituents is 1. The lowest BCUT2D eigenvalue weighted by molar-refractivity contribution is -0.420. The number of benzene rings is 1. The van der Waals surface area contributed by atoms with Crippen molar-refractivity contribution in [3.05, 3.63) is 39.9 Å². The number of nitrogen functional groups attached to an aromatic ring is 1. The molecule has 0 amide bonds. The highest BCUT2D eigenvalue weighted by molar-refractivity contribution is 5.93. The Morgan fingerprint density at radius 3 is 2.38 bits per heavy atom. The molecule has 68 valence electrons. The van der Waals surface area contributed by atoms with Crippen molar-refractivity contribution in [1.29, 1.82) is 0 Å². The first kappa shape index (κ1) is 9.18. The maximum atomic E-state index is 10.3. The maximum Gasteiger partial charge on any atom is 0.272 e. The number of hydrogen-bond acceptors (Lipinski definition) is 2. The number of nitrogens with two attached hydrogens (primary N) is 1. The van der Waals surface area contributed by atoms with Gasteiger partial charge in [0.15, 0.2) is 0 Å². The summed E-state index contributed by atoms with van der Waals surface area (Å²) in [6.07, 6.45) is 0. The normalized spacial score (nSPS) is 11.3. The van der Waals surface area contributed by atoms with Crippen molar-refractivity contribution in [3.63, 3.8) is 0 Å². The predicted octanol–water partition coefficient (Wildman–Crippen LogP) is -0.989. The van der Waals surface area contributed by atoms with Crippen molar-refractivity contribution < 1.29 is 9.92 Å². The van der Waals surface area contributed by atoms with Crippen molar-refractivity contribution in [3.8, 4) is 0 Å². The van der Waals surface area contributed by atoms with Gasteiger partial charge in [-0.1, -0.05) is 0 Å². The van der Waals surface area contributed by atoms with Gasteiger partial charge >= 0.3 is 0 Å². The molecular weight excluding hydrogens is 170 g/mol. The van der Waals surface area contributed by atoms with E-state index in [4.69, 9.17) is 5.73 Å². The molecule has 0 saturated heterocycles. The van der Waals surface area contributed by atoms with Crippen LogP contribution in [0.15, 0.2) is 24.3 Å². The van der Waals surface area contributed by atoms with E-state index >= 15 is 0 Å². The quantitative estimate of drug-likeness (QED) is 0.265. The van der Waals surface area contributed by atoms with Gasteiger partial charge in [-0.3, -0.25) is 20.8 Å². The molecule has 0 unspecified atom stereocenters. The molecule has 0 heterocycles.